The van der Waals surface area contributed by atoms with E-state index in [-0.39, 0.29) is 5.41 Å². The van der Waals surface area contributed by atoms with Crippen LogP contribution in [0.15, 0.2) is 170 Å². The minimum atomic E-state index is -0.0474. The highest BCUT2D eigenvalue weighted by Crippen LogP contribution is 2.53. The third-order valence-corrected chi connectivity index (χ3v) is 12.6. The van der Waals surface area contributed by atoms with Crippen LogP contribution in [0.3, 0.4) is 0 Å². The van der Waals surface area contributed by atoms with E-state index in [1.807, 2.05) is 0 Å². The zero-order valence-electron chi connectivity index (χ0n) is 31.6. The molecule has 1 aliphatic carbocycles. The van der Waals surface area contributed by atoms with Gasteiger partial charge in [-0.1, -0.05) is 147 Å². The van der Waals surface area contributed by atoms with Crippen molar-refractivity contribution in [3.63, 3.8) is 0 Å². The summed E-state index contributed by atoms with van der Waals surface area (Å²) in [6.45, 7) is 4.72. The Labute approximate surface area is 322 Å². The Bertz CT molecular complexity index is 3050. The number of fused-ring (bicyclic) bond motifs is 8. The summed E-state index contributed by atoms with van der Waals surface area (Å²) in [4.78, 5) is 4.66. The van der Waals surface area contributed by atoms with E-state index in [2.05, 4.69) is 208 Å². The van der Waals surface area contributed by atoms with E-state index in [0.29, 0.717) is 0 Å². The Balaban J connectivity index is 1.21. The van der Waals surface area contributed by atoms with Gasteiger partial charge in [-0.3, -0.25) is 0 Å². The van der Waals surface area contributed by atoms with Gasteiger partial charge in [0.05, 0.1) is 22.7 Å². The molecule has 0 unspecified atom stereocenters. The predicted molar refractivity (Wildman–Crippen MR) is 235 cm³/mol. The Morgan fingerprint density at radius 2 is 0.873 bits per heavy atom. The lowest BCUT2D eigenvalue weighted by Gasteiger charge is -2.36. The van der Waals surface area contributed by atoms with Gasteiger partial charge < -0.3 is 9.80 Å². The molecule has 0 spiro atoms. The van der Waals surface area contributed by atoms with E-state index in [0.717, 1.165) is 0 Å². The molecule has 0 amide bonds. The molecule has 0 fully saturated rings. The molecule has 9 aromatic carbocycles. The van der Waals surface area contributed by atoms with Crippen LogP contribution in [0.2, 0.25) is 0 Å². The van der Waals surface area contributed by atoms with Crippen molar-refractivity contribution in [1.29, 1.82) is 0 Å². The maximum absolute atomic E-state index is 2.47. The first-order valence-electron chi connectivity index (χ1n) is 19.3. The summed E-state index contributed by atoms with van der Waals surface area (Å²) in [7, 11) is 4.37. The number of hydrogen-bond donors (Lipinski definition) is 0. The second kappa shape index (κ2) is 11.7. The molecule has 9 aromatic rings. The maximum Gasteiger partial charge on any atom is 0.0656 e. The van der Waals surface area contributed by atoms with Gasteiger partial charge in [-0.15, -0.1) is 0 Å². The van der Waals surface area contributed by atoms with Crippen molar-refractivity contribution in [3.8, 4) is 44.5 Å². The lowest BCUT2D eigenvalue weighted by atomic mass is 9.81. The molecule has 0 bridgehead atoms. The topological polar surface area (TPSA) is 6.48 Å². The summed E-state index contributed by atoms with van der Waals surface area (Å²) in [5.41, 5.74) is 17.7. The Morgan fingerprint density at radius 1 is 0.345 bits per heavy atom. The number of hydrogen-bond acceptors (Lipinski definition) is 2. The first kappa shape index (κ1) is 31.8. The molecule has 2 nitrogen and oxygen atoms in total. The van der Waals surface area contributed by atoms with Crippen LogP contribution in [0, 0.1) is 0 Å². The summed E-state index contributed by atoms with van der Waals surface area (Å²) in [6, 6.07) is 63.5. The first-order chi connectivity index (χ1) is 26.9. The molecule has 0 saturated carbocycles. The summed E-state index contributed by atoms with van der Waals surface area (Å²) in [6.07, 6.45) is 0. The van der Waals surface area contributed by atoms with Crippen LogP contribution >= 0.6 is 0 Å². The predicted octanol–water partition coefficient (Wildman–Crippen LogP) is 14.3. The van der Waals surface area contributed by atoms with Gasteiger partial charge in [0.25, 0.3) is 0 Å². The van der Waals surface area contributed by atoms with E-state index < -0.39 is 0 Å². The van der Waals surface area contributed by atoms with Crippen molar-refractivity contribution >= 4 is 55.1 Å². The fourth-order valence-corrected chi connectivity index (χ4v) is 9.84. The van der Waals surface area contributed by atoms with Crippen LogP contribution in [-0.4, -0.2) is 14.1 Å². The molecule has 11 rings (SSSR count). The van der Waals surface area contributed by atoms with Crippen molar-refractivity contribution in [2.75, 3.05) is 23.9 Å². The molecule has 262 valence electrons. The van der Waals surface area contributed by atoms with Gasteiger partial charge in [0.1, 0.15) is 0 Å². The van der Waals surface area contributed by atoms with Gasteiger partial charge in [0.15, 0.2) is 0 Å². The van der Waals surface area contributed by atoms with Crippen molar-refractivity contribution in [2.45, 2.75) is 19.3 Å². The summed E-state index contributed by atoms with van der Waals surface area (Å²) in [5, 5.41) is 7.56. The molecular weight excluding hydrogens is 665 g/mol. The standard InChI is InChI=1S/C53H40N2/c1-53(2)45-21-10-9-17-39(45)43-31-35(25-28-46(43)53)52-41-19-8-7-18-40(41)51(36-26-29-49-50(32-36)55(4)48-23-12-11-22-47(48)54(49)3)42-27-24-34(30-44(42)52)38-20-13-15-33-14-5-6-16-37(33)38/h5-32H,1-4H3. The van der Waals surface area contributed by atoms with Gasteiger partial charge in [0, 0.05) is 19.5 Å². The number of nitrogens with zero attached hydrogens (tertiary/aromatic N) is 2. The summed E-state index contributed by atoms with van der Waals surface area (Å²) >= 11 is 0. The van der Waals surface area contributed by atoms with Crippen molar-refractivity contribution in [1.82, 2.24) is 0 Å². The Kier molecular flexibility index (Phi) is 6.76. The fourth-order valence-electron chi connectivity index (χ4n) is 9.84. The van der Waals surface area contributed by atoms with Crippen molar-refractivity contribution in [2.24, 2.45) is 0 Å². The highest BCUT2D eigenvalue weighted by atomic mass is 15.2. The van der Waals surface area contributed by atoms with E-state index >= 15 is 0 Å². The van der Waals surface area contributed by atoms with Crippen molar-refractivity contribution < 1.29 is 0 Å². The van der Waals surface area contributed by atoms with Gasteiger partial charge in [0.2, 0.25) is 0 Å². The van der Waals surface area contributed by atoms with Crippen LogP contribution < -0.4 is 9.80 Å². The molecule has 0 saturated heterocycles. The average molecular weight is 705 g/mol. The zero-order valence-corrected chi connectivity index (χ0v) is 31.6. The van der Waals surface area contributed by atoms with Gasteiger partial charge >= 0.3 is 0 Å². The van der Waals surface area contributed by atoms with E-state index in [1.54, 1.807) is 0 Å². The van der Waals surface area contributed by atoms with Crippen LogP contribution in [0.25, 0.3) is 76.8 Å². The molecule has 2 aliphatic rings. The maximum atomic E-state index is 2.47. The fraction of sp³-hybridized carbons (Fsp3) is 0.0943. The average Bonchev–Trinajstić information content (AvgIpc) is 3.46. The lowest BCUT2D eigenvalue weighted by Crippen LogP contribution is -2.24. The highest BCUT2D eigenvalue weighted by molar-refractivity contribution is 6.22. The van der Waals surface area contributed by atoms with E-state index in [9.17, 15) is 0 Å². The molecular formula is C53H40N2. The van der Waals surface area contributed by atoms with Crippen LogP contribution in [0.5, 0.6) is 0 Å². The molecule has 0 atom stereocenters. The normalized spacial score (nSPS) is 13.9. The van der Waals surface area contributed by atoms with Crippen LogP contribution in [0.1, 0.15) is 25.0 Å². The van der Waals surface area contributed by atoms with Crippen molar-refractivity contribution in [3.05, 3.63) is 181 Å². The molecule has 1 heterocycles. The van der Waals surface area contributed by atoms with E-state index in [4.69, 9.17) is 0 Å². The largest absolute Gasteiger partial charge is 0.341 e. The quantitative estimate of drug-likeness (QED) is 0.169. The number of para-hydroxylation sites is 2. The van der Waals surface area contributed by atoms with Gasteiger partial charge in [-0.25, -0.2) is 0 Å². The second-order valence-electron chi connectivity index (χ2n) is 15.8. The minimum absolute atomic E-state index is 0.0474. The number of anilines is 4. The second-order valence-corrected chi connectivity index (χ2v) is 15.8. The number of benzene rings is 9. The molecule has 1 aliphatic heterocycles. The van der Waals surface area contributed by atoms with Crippen LogP contribution in [0.4, 0.5) is 22.7 Å². The third-order valence-electron chi connectivity index (χ3n) is 12.6. The SMILES string of the molecule is CN1c2ccccc2N(C)c2cc(-c3c4ccccc4c(-c4ccc5c(c4)-c4ccccc4C5(C)C)c4cc(-c5cccc6ccccc56)ccc34)ccc21. The number of rotatable bonds is 3. The molecule has 0 radical (unpaired) electrons. The molecule has 2 heteroatoms. The lowest BCUT2D eigenvalue weighted by molar-refractivity contribution is 0.660. The van der Waals surface area contributed by atoms with E-state index in [1.165, 1.54) is 111 Å². The van der Waals surface area contributed by atoms with Crippen LogP contribution in [-0.2, 0) is 5.41 Å². The third kappa shape index (κ3) is 4.55. The zero-order chi connectivity index (χ0) is 37.0. The highest BCUT2D eigenvalue weighted by Gasteiger charge is 2.35. The minimum Gasteiger partial charge on any atom is -0.341 e. The molecule has 0 aromatic heterocycles. The molecule has 0 N–H and O–H groups in total. The Morgan fingerprint density at radius 3 is 1.67 bits per heavy atom. The molecule has 55 heavy (non-hydrogen) atoms. The Hall–Kier alpha value is -6.64. The summed E-state index contributed by atoms with van der Waals surface area (Å²) in [5.74, 6) is 0. The smallest absolute Gasteiger partial charge is 0.0656 e. The monoisotopic (exact) mass is 704 g/mol. The van der Waals surface area contributed by atoms with Gasteiger partial charge in [-0.2, -0.15) is 0 Å². The first-order valence-corrected chi connectivity index (χ1v) is 19.3. The van der Waals surface area contributed by atoms with Gasteiger partial charge in [-0.05, 0) is 124 Å². The summed E-state index contributed by atoms with van der Waals surface area (Å²) < 4.78 is 0.